The van der Waals surface area contributed by atoms with Gasteiger partial charge in [-0.1, -0.05) is 242 Å². The average molecular weight is 976 g/mol. The Morgan fingerprint density at radius 3 is 0.704 bits per heavy atom. The van der Waals surface area contributed by atoms with Crippen LogP contribution in [0.3, 0.4) is 0 Å². The van der Waals surface area contributed by atoms with Crippen LogP contribution in [0, 0.1) is 0 Å². The minimum Gasteiger partial charge on any atom is -0.493 e. The maximum Gasteiger partial charge on any atom is 0.211 e. The molecule has 0 amide bonds. The molecule has 1 aliphatic heterocycles. The smallest absolute Gasteiger partial charge is 0.211 e. The largest absolute Gasteiger partial charge is 0.493 e. The van der Waals surface area contributed by atoms with Crippen molar-refractivity contribution in [1.29, 1.82) is 0 Å². The molecular formula is C69H118N2. The predicted octanol–water partition coefficient (Wildman–Crippen LogP) is 23.5. The van der Waals surface area contributed by atoms with Gasteiger partial charge in [-0.2, -0.15) is 0 Å². The Bertz CT molecular complexity index is 1700. The first-order valence-corrected chi connectivity index (χ1v) is 32.2. The Kier molecular flexibility index (Phi) is 36.1. The van der Waals surface area contributed by atoms with E-state index in [-0.39, 0.29) is 0 Å². The van der Waals surface area contributed by atoms with E-state index in [2.05, 4.69) is 79.7 Å². The Morgan fingerprint density at radius 1 is 0.254 bits per heavy atom. The third-order valence-electron chi connectivity index (χ3n) is 16.3. The summed E-state index contributed by atoms with van der Waals surface area (Å²) in [5.74, 6) is 0. The van der Waals surface area contributed by atoms with Crippen LogP contribution in [0.1, 0.15) is 350 Å². The highest BCUT2D eigenvalue weighted by Crippen LogP contribution is 2.46. The standard InChI is InChI=1S/C69H118N2/c1-9-17-25-27-29-30-31-32-33-34-35-36-37-38-39-40-41-43-45-53-67-66(52-44-42-28-26-18-10-2)68(62-54-58(46-19-11-3)64(50-23-15-7)59(55-62)47-20-12-4)71(70)69(67)63-56-60(48-21-13-5)65(51-24-16-8)61(57-63)49-22-14-6/h54-57H,9-53H2,1-8H3. The number of allylic oxidation sites excluding steroid dienone is 2. The van der Waals surface area contributed by atoms with Crippen LogP contribution in [0.2, 0.25) is 0 Å². The van der Waals surface area contributed by atoms with E-state index in [4.69, 9.17) is 0 Å². The molecule has 2 nitrogen and oxygen atoms in total. The second kappa shape index (κ2) is 40.9. The highest BCUT2D eigenvalue weighted by atomic mass is 15.2. The van der Waals surface area contributed by atoms with Crippen molar-refractivity contribution in [3.8, 4) is 0 Å². The van der Waals surface area contributed by atoms with Gasteiger partial charge in [-0.05, 0) is 160 Å². The van der Waals surface area contributed by atoms with Gasteiger partial charge >= 0.3 is 0 Å². The number of benzene rings is 2. The van der Waals surface area contributed by atoms with E-state index in [0.717, 1.165) is 49.9 Å². The molecule has 404 valence electrons. The zero-order valence-corrected chi connectivity index (χ0v) is 49.0. The van der Waals surface area contributed by atoms with Gasteiger partial charge in [0.15, 0.2) is 0 Å². The lowest BCUT2D eigenvalue weighted by molar-refractivity contribution is -0.345. The zero-order chi connectivity index (χ0) is 51.2. The molecule has 0 unspecified atom stereocenters. The first-order chi connectivity index (χ1) is 34.9. The molecular weight excluding hydrogens is 857 g/mol. The summed E-state index contributed by atoms with van der Waals surface area (Å²) in [4.78, 5) is 0. The van der Waals surface area contributed by atoms with Crippen LogP contribution in [0.25, 0.3) is 16.9 Å². The summed E-state index contributed by atoms with van der Waals surface area (Å²) in [6, 6.07) is 10.3. The molecule has 2 aromatic carbocycles. The van der Waals surface area contributed by atoms with Gasteiger partial charge in [-0.3, -0.25) is 0 Å². The summed E-state index contributed by atoms with van der Waals surface area (Å²) in [6.45, 7) is 18.7. The lowest BCUT2D eigenvalue weighted by Crippen LogP contribution is -2.09. The molecule has 0 saturated heterocycles. The lowest BCUT2D eigenvalue weighted by Gasteiger charge is -2.20. The second-order valence-corrected chi connectivity index (χ2v) is 22.8. The summed E-state index contributed by atoms with van der Waals surface area (Å²) >= 11 is 0. The number of nitrogens with zero attached hydrogens (tertiary/aromatic N) is 2. The number of hydrogen-bond donors (Lipinski definition) is 0. The summed E-state index contributed by atoms with van der Waals surface area (Å²) in [5, 5.41) is 0. The SMILES string of the molecule is CCCCCCCCCCCCCCCCCCCCCC1=C(c2cc(CCCC)c(CCCC)c(CCCC)c2)[N+](=[N-])C(c2cc(CCCC)c(CCCC)c(CCCC)c2)=C1CCCCCCCC. The van der Waals surface area contributed by atoms with Crippen molar-refractivity contribution >= 4 is 11.4 Å². The van der Waals surface area contributed by atoms with E-state index in [1.54, 1.807) is 38.1 Å². The van der Waals surface area contributed by atoms with E-state index in [1.807, 2.05) is 0 Å². The van der Waals surface area contributed by atoms with E-state index < -0.39 is 0 Å². The van der Waals surface area contributed by atoms with Gasteiger partial charge in [-0.15, -0.1) is 0 Å². The van der Waals surface area contributed by atoms with Gasteiger partial charge < -0.3 is 5.53 Å². The summed E-state index contributed by atoms with van der Waals surface area (Å²) in [6.07, 6.45) is 58.2. The van der Waals surface area contributed by atoms with E-state index in [1.165, 1.54) is 273 Å². The summed E-state index contributed by atoms with van der Waals surface area (Å²) in [7, 11) is 0. The van der Waals surface area contributed by atoms with Crippen LogP contribution in [-0.2, 0) is 38.5 Å². The molecule has 0 aliphatic carbocycles. The molecule has 2 aromatic rings. The minimum atomic E-state index is 1.06. The quantitative estimate of drug-likeness (QED) is 0.0467. The molecule has 71 heavy (non-hydrogen) atoms. The molecule has 1 aliphatic rings. The molecule has 0 saturated carbocycles. The Morgan fingerprint density at radius 2 is 0.465 bits per heavy atom. The van der Waals surface area contributed by atoms with Crippen molar-refractivity contribution in [2.45, 2.75) is 344 Å². The number of aryl methyl sites for hydroxylation is 4. The monoisotopic (exact) mass is 975 g/mol. The fourth-order valence-electron chi connectivity index (χ4n) is 11.8. The van der Waals surface area contributed by atoms with Gasteiger partial charge in [0.1, 0.15) is 0 Å². The van der Waals surface area contributed by atoms with Gasteiger partial charge in [0.05, 0.1) is 0 Å². The molecule has 0 radical (unpaired) electrons. The first-order valence-electron chi connectivity index (χ1n) is 32.2. The van der Waals surface area contributed by atoms with Crippen molar-refractivity contribution in [3.05, 3.63) is 85.5 Å². The molecule has 0 aromatic heterocycles. The molecule has 2 heteroatoms. The molecule has 0 fully saturated rings. The van der Waals surface area contributed by atoms with Gasteiger partial charge in [-0.25, -0.2) is 4.70 Å². The van der Waals surface area contributed by atoms with E-state index in [0.29, 0.717) is 0 Å². The Balaban J connectivity index is 1.99. The van der Waals surface area contributed by atoms with E-state index in [9.17, 15) is 5.53 Å². The Labute approximate surface area is 443 Å². The molecule has 0 atom stereocenters. The van der Waals surface area contributed by atoms with Crippen LogP contribution >= 0.6 is 0 Å². The fourth-order valence-corrected chi connectivity index (χ4v) is 11.8. The normalized spacial score (nSPS) is 13.0. The topological polar surface area (TPSA) is 25.3 Å². The molecule has 3 rings (SSSR count). The van der Waals surface area contributed by atoms with Crippen LogP contribution in [-0.4, -0.2) is 4.70 Å². The minimum absolute atomic E-state index is 1.06. The number of hydrogen-bond acceptors (Lipinski definition) is 0. The van der Waals surface area contributed by atoms with Crippen molar-refractivity contribution in [3.63, 3.8) is 0 Å². The van der Waals surface area contributed by atoms with Crippen LogP contribution in [0.15, 0.2) is 35.4 Å². The van der Waals surface area contributed by atoms with Crippen molar-refractivity contribution in [2.75, 3.05) is 0 Å². The van der Waals surface area contributed by atoms with Crippen molar-refractivity contribution < 1.29 is 4.70 Å². The maximum atomic E-state index is 13.2. The fraction of sp³-hybridized carbons (Fsp3) is 0.768. The molecule has 1 heterocycles. The maximum absolute atomic E-state index is 13.2. The van der Waals surface area contributed by atoms with Crippen LogP contribution < -0.4 is 0 Å². The number of unbranched alkanes of at least 4 members (excludes halogenated alkanes) is 29. The van der Waals surface area contributed by atoms with Gasteiger partial charge in [0.2, 0.25) is 11.4 Å². The van der Waals surface area contributed by atoms with Crippen molar-refractivity contribution in [1.82, 2.24) is 0 Å². The lowest BCUT2D eigenvalue weighted by atomic mass is 9.86. The van der Waals surface area contributed by atoms with Crippen LogP contribution in [0.5, 0.6) is 0 Å². The molecule has 0 bridgehead atoms. The molecule has 0 spiro atoms. The zero-order valence-electron chi connectivity index (χ0n) is 49.0. The first kappa shape index (κ1) is 62.8. The molecule has 0 N–H and O–H groups in total. The van der Waals surface area contributed by atoms with E-state index >= 15 is 0 Å². The highest BCUT2D eigenvalue weighted by molar-refractivity contribution is 5.83. The van der Waals surface area contributed by atoms with Crippen LogP contribution in [0.4, 0.5) is 0 Å². The summed E-state index contributed by atoms with van der Waals surface area (Å²) < 4.78 is 1.78. The number of rotatable bonds is 47. The van der Waals surface area contributed by atoms with Crippen molar-refractivity contribution in [2.24, 2.45) is 0 Å². The third-order valence-corrected chi connectivity index (χ3v) is 16.3. The predicted molar refractivity (Wildman–Crippen MR) is 318 cm³/mol. The Hall–Kier alpha value is -2.48. The second-order valence-electron chi connectivity index (χ2n) is 22.8. The third kappa shape index (κ3) is 23.7. The van der Waals surface area contributed by atoms with Gasteiger partial charge in [0.25, 0.3) is 0 Å². The average Bonchev–Trinajstić information content (AvgIpc) is 3.66. The van der Waals surface area contributed by atoms with Gasteiger partial charge in [0, 0.05) is 22.3 Å². The highest BCUT2D eigenvalue weighted by Gasteiger charge is 2.36. The summed E-state index contributed by atoms with van der Waals surface area (Å²) in [5.41, 5.74) is 30.5.